The standard InChI is InChI=1S/C21H22Cl2N4O2/c1-21(2,3)20(29)27(23)12-13-7-5-8-14(18(13)22)19(28)25-16-9-6-10-17-15(16)11-24-26(17)4/h5-11H,12H2,1-4H3,(H,25,28). The Morgan fingerprint density at radius 1 is 1.17 bits per heavy atom. The number of nitrogens with one attached hydrogen (secondary N) is 1. The molecule has 2 aromatic carbocycles. The predicted molar refractivity (Wildman–Crippen MR) is 116 cm³/mol. The van der Waals surface area contributed by atoms with Crippen molar-refractivity contribution in [1.29, 1.82) is 0 Å². The Labute approximate surface area is 179 Å². The van der Waals surface area contributed by atoms with Gasteiger partial charge in [0.2, 0.25) is 5.91 Å². The van der Waals surface area contributed by atoms with Crippen LogP contribution < -0.4 is 5.32 Å². The average molecular weight is 433 g/mol. The fourth-order valence-electron chi connectivity index (χ4n) is 2.94. The molecule has 0 atom stereocenters. The topological polar surface area (TPSA) is 67.2 Å². The van der Waals surface area contributed by atoms with Crippen LogP contribution in [-0.2, 0) is 18.4 Å². The molecule has 0 saturated carbocycles. The summed E-state index contributed by atoms with van der Waals surface area (Å²) in [7, 11) is 1.84. The number of aromatic nitrogens is 2. The van der Waals surface area contributed by atoms with Crippen LogP contribution in [0.25, 0.3) is 10.9 Å². The molecule has 3 rings (SSSR count). The van der Waals surface area contributed by atoms with Gasteiger partial charge in [-0.1, -0.05) is 50.6 Å². The molecule has 8 heteroatoms. The Morgan fingerprint density at radius 2 is 1.86 bits per heavy atom. The summed E-state index contributed by atoms with van der Waals surface area (Å²) in [4.78, 5) is 25.2. The van der Waals surface area contributed by atoms with Crippen LogP contribution in [0.4, 0.5) is 5.69 Å². The molecule has 0 spiro atoms. The number of rotatable bonds is 4. The van der Waals surface area contributed by atoms with Crippen LogP contribution >= 0.6 is 23.4 Å². The highest BCUT2D eigenvalue weighted by Gasteiger charge is 2.27. The molecule has 1 N–H and O–H groups in total. The minimum atomic E-state index is -0.619. The molecule has 0 aliphatic heterocycles. The van der Waals surface area contributed by atoms with E-state index in [1.807, 2.05) is 25.2 Å². The molecule has 0 bridgehead atoms. The van der Waals surface area contributed by atoms with E-state index < -0.39 is 5.41 Å². The van der Waals surface area contributed by atoms with Gasteiger partial charge in [0, 0.05) is 29.6 Å². The Bertz CT molecular complexity index is 1090. The van der Waals surface area contributed by atoms with Gasteiger partial charge in [0.25, 0.3) is 5.91 Å². The van der Waals surface area contributed by atoms with E-state index in [1.54, 1.807) is 49.8 Å². The first-order valence-electron chi connectivity index (χ1n) is 9.07. The third kappa shape index (κ3) is 4.38. The van der Waals surface area contributed by atoms with Crippen molar-refractivity contribution in [2.24, 2.45) is 12.5 Å². The lowest BCUT2D eigenvalue weighted by Crippen LogP contribution is -2.33. The largest absolute Gasteiger partial charge is 0.321 e. The van der Waals surface area contributed by atoms with Crippen molar-refractivity contribution in [3.8, 4) is 0 Å². The number of halogens is 2. The first kappa shape index (κ1) is 21.1. The van der Waals surface area contributed by atoms with Crippen molar-refractivity contribution in [2.45, 2.75) is 27.3 Å². The van der Waals surface area contributed by atoms with Crippen LogP contribution in [-0.4, -0.2) is 26.0 Å². The zero-order chi connectivity index (χ0) is 21.3. The maximum Gasteiger partial charge on any atom is 0.257 e. The van der Waals surface area contributed by atoms with E-state index >= 15 is 0 Å². The van der Waals surface area contributed by atoms with E-state index in [4.69, 9.17) is 23.4 Å². The molecule has 1 aromatic heterocycles. The van der Waals surface area contributed by atoms with Gasteiger partial charge in [-0.25, -0.2) is 4.42 Å². The zero-order valence-electron chi connectivity index (χ0n) is 16.7. The van der Waals surface area contributed by atoms with Gasteiger partial charge in [-0.15, -0.1) is 0 Å². The summed E-state index contributed by atoms with van der Waals surface area (Å²) in [5.41, 5.74) is 1.82. The number of anilines is 1. The fraction of sp³-hybridized carbons (Fsp3) is 0.286. The predicted octanol–water partition coefficient (Wildman–Crippen LogP) is 5.01. The summed E-state index contributed by atoms with van der Waals surface area (Å²) in [5.74, 6) is -0.579. The van der Waals surface area contributed by atoms with Crippen molar-refractivity contribution in [2.75, 3.05) is 5.32 Å². The molecule has 0 unspecified atom stereocenters. The first-order valence-corrected chi connectivity index (χ1v) is 9.78. The summed E-state index contributed by atoms with van der Waals surface area (Å²) in [6, 6.07) is 10.7. The van der Waals surface area contributed by atoms with Crippen LogP contribution in [0.2, 0.25) is 5.02 Å². The molecular formula is C21H22Cl2N4O2. The Morgan fingerprint density at radius 3 is 2.55 bits per heavy atom. The van der Waals surface area contributed by atoms with Crippen LogP contribution in [0, 0.1) is 5.41 Å². The second-order valence-corrected chi connectivity index (χ2v) is 8.60. The second-order valence-electron chi connectivity index (χ2n) is 7.81. The van der Waals surface area contributed by atoms with Crippen molar-refractivity contribution < 1.29 is 9.59 Å². The molecule has 152 valence electrons. The van der Waals surface area contributed by atoms with Gasteiger partial charge in [0.05, 0.1) is 34.5 Å². The van der Waals surface area contributed by atoms with Crippen LogP contribution in [0.3, 0.4) is 0 Å². The monoisotopic (exact) mass is 432 g/mol. The highest BCUT2D eigenvalue weighted by Crippen LogP contribution is 2.28. The number of carbonyl (C=O) groups is 2. The number of carbonyl (C=O) groups excluding carboxylic acids is 2. The molecule has 0 aliphatic carbocycles. The van der Waals surface area contributed by atoms with E-state index in [-0.39, 0.29) is 23.4 Å². The van der Waals surface area contributed by atoms with Crippen LogP contribution in [0.1, 0.15) is 36.7 Å². The van der Waals surface area contributed by atoms with Crippen molar-refractivity contribution in [3.63, 3.8) is 0 Å². The normalized spacial score (nSPS) is 11.5. The van der Waals surface area contributed by atoms with Gasteiger partial charge in [-0.2, -0.15) is 5.10 Å². The summed E-state index contributed by atoms with van der Waals surface area (Å²) >= 11 is 12.6. The van der Waals surface area contributed by atoms with Gasteiger partial charge < -0.3 is 5.32 Å². The summed E-state index contributed by atoms with van der Waals surface area (Å²) in [5, 5.41) is 8.21. The lowest BCUT2D eigenvalue weighted by atomic mass is 9.95. The quantitative estimate of drug-likeness (QED) is 0.589. The highest BCUT2D eigenvalue weighted by atomic mass is 35.5. The Hall–Kier alpha value is -2.57. The lowest BCUT2D eigenvalue weighted by molar-refractivity contribution is -0.134. The minimum Gasteiger partial charge on any atom is -0.321 e. The molecule has 0 fully saturated rings. The van der Waals surface area contributed by atoms with Gasteiger partial charge in [0.15, 0.2) is 0 Å². The molecule has 2 amide bonds. The summed E-state index contributed by atoms with van der Waals surface area (Å²) in [6.45, 7) is 5.45. The first-order chi connectivity index (χ1) is 13.6. The Kier molecular flexibility index (Phi) is 5.87. The molecule has 0 radical (unpaired) electrons. The number of benzene rings is 2. The van der Waals surface area contributed by atoms with Gasteiger partial charge in [-0.05, 0) is 23.8 Å². The number of nitrogens with zero attached hydrogens (tertiary/aromatic N) is 3. The van der Waals surface area contributed by atoms with E-state index in [9.17, 15) is 9.59 Å². The van der Waals surface area contributed by atoms with Crippen LogP contribution in [0.15, 0.2) is 42.6 Å². The number of fused-ring (bicyclic) bond motifs is 1. The van der Waals surface area contributed by atoms with Crippen molar-refractivity contribution in [1.82, 2.24) is 14.2 Å². The summed E-state index contributed by atoms with van der Waals surface area (Å²) < 4.78 is 2.83. The number of aryl methyl sites for hydroxylation is 1. The average Bonchev–Trinajstić information content (AvgIpc) is 3.04. The van der Waals surface area contributed by atoms with Gasteiger partial charge >= 0.3 is 0 Å². The SMILES string of the molecule is Cn1ncc2c(NC(=O)c3cccc(CN(Cl)C(=O)C(C)(C)C)c3Cl)cccc21. The van der Waals surface area contributed by atoms with Gasteiger partial charge in [-0.3, -0.25) is 14.3 Å². The summed E-state index contributed by atoms with van der Waals surface area (Å²) in [6.07, 6.45) is 1.70. The molecule has 1 heterocycles. The number of amides is 2. The zero-order valence-corrected chi connectivity index (χ0v) is 18.2. The third-order valence-electron chi connectivity index (χ3n) is 4.53. The van der Waals surface area contributed by atoms with Crippen molar-refractivity contribution >= 4 is 51.8 Å². The molecule has 0 saturated heterocycles. The lowest BCUT2D eigenvalue weighted by Gasteiger charge is -2.24. The van der Waals surface area contributed by atoms with E-state index in [1.165, 1.54) is 0 Å². The highest BCUT2D eigenvalue weighted by molar-refractivity contribution is 6.35. The molecule has 0 aliphatic rings. The van der Waals surface area contributed by atoms with Crippen molar-refractivity contribution in [3.05, 3.63) is 58.7 Å². The third-order valence-corrected chi connectivity index (χ3v) is 5.25. The molecular weight excluding hydrogens is 411 g/mol. The van der Waals surface area contributed by atoms with E-state index in [0.29, 0.717) is 16.8 Å². The number of hydrogen-bond acceptors (Lipinski definition) is 3. The van der Waals surface area contributed by atoms with E-state index in [2.05, 4.69) is 10.4 Å². The minimum absolute atomic E-state index is 0.0931. The molecule has 6 nitrogen and oxygen atoms in total. The van der Waals surface area contributed by atoms with E-state index in [0.717, 1.165) is 15.3 Å². The maximum absolute atomic E-state index is 12.9. The maximum atomic E-state index is 12.9. The van der Waals surface area contributed by atoms with Gasteiger partial charge in [0.1, 0.15) is 0 Å². The molecule has 29 heavy (non-hydrogen) atoms. The molecule has 3 aromatic rings. The van der Waals surface area contributed by atoms with Crippen LogP contribution in [0.5, 0.6) is 0 Å². The fourth-order valence-corrected chi connectivity index (χ4v) is 3.59. The second kappa shape index (κ2) is 8.05. The Balaban J connectivity index is 1.85. The smallest absolute Gasteiger partial charge is 0.257 e. The number of hydrogen-bond donors (Lipinski definition) is 1.